The van der Waals surface area contributed by atoms with Crippen LogP contribution in [0.1, 0.15) is 49.8 Å². The number of rotatable bonds is 0. The normalized spacial score (nSPS) is 25.5. The number of carbonyl (C=O) groups is 2. The van der Waals surface area contributed by atoms with Gasteiger partial charge in [0.1, 0.15) is 18.1 Å². The Morgan fingerprint density at radius 2 is 1.79 bits per heavy atom. The van der Waals surface area contributed by atoms with E-state index >= 15 is 0 Å². The van der Waals surface area contributed by atoms with E-state index in [1.807, 2.05) is 10.9 Å². The molecule has 7 rings (SSSR count). The van der Waals surface area contributed by atoms with Crippen molar-refractivity contribution in [1.82, 2.24) is 24.8 Å². The lowest BCUT2D eigenvalue weighted by Gasteiger charge is -2.47. The zero-order chi connectivity index (χ0) is 23.1. The maximum atomic E-state index is 12.7. The number of carbonyl (C=O) groups excluding carboxylic acids is 1. The lowest BCUT2D eigenvalue weighted by atomic mass is 9.72. The Balaban J connectivity index is 0.000000821. The van der Waals surface area contributed by atoms with Crippen molar-refractivity contribution in [2.24, 2.45) is 5.41 Å². The molecule has 1 spiro atoms. The van der Waals surface area contributed by atoms with Gasteiger partial charge in [-0.15, -0.1) is 5.10 Å². The second-order valence-corrected chi connectivity index (χ2v) is 9.31. The fourth-order valence-corrected chi connectivity index (χ4v) is 5.25. The van der Waals surface area contributed by atoms with Gasteiger partial charge in [0.05, 0.1) is 6.20 Å². The zero-order valence-corrected chi connectivity index (χ0v) is 19.1. The summed E-state index contributed by atoms with van der Waals surface area (Å²) < 4.78 is 7.70. The van der Waals surface area contributed by atoms with Crippen LogP contribution in [-0.4, -0.2) is 68.5 Å². The molecular weight excluding hydrogens is 422 g/mol. The number of aryl methyl sites for hydroxylation is 1. The van der Waals surface area contributed by atoms with E-state index in [2.05, 4.69) is 44.4 Å². The van der Waals surface area contributed by atoms with Crippen LogP contribution in [0.3, 0.4) is 0 Å². The van der Waals surface area contributed by atoms with E-state index in [1.54, 1.807) is 0 Å². The maximum Gasteiger partial charge on any atom is 0.290 e. The van der Waals surface area contributed by atoms with Gasteiger partial charge in [-0.1, -0.05) is 17.3 Å². The number of amides is 1. The summed E-state index contributed by atoms with van der Waals surface area (Å²) in [4.78, 5) is 25.7. The molecule has 7 bridgehead atoms. The van der Waals surface area contributed by atoms with Crippen molar-refractivity contribution in [3.63, 3.8) is 0 Å². The summed E-state index contributed by atoms with van der Waals surface area (Å²) in [5.74, 6) is 1.14. The molecule has 178 valence electrons. The molecule has 1 atom stereocenters. The average Bonchev–Trinajstić information content (AvgIpc) is 3.27. The summed E-state index contributed by atoms with van der Waals surface area (Å²) in [6.45, 7) is 5.98. The molecule has 9 heteroatoms. The quantitative estimate of drug-likeness (QED) is 0.609. The van der Waals surface area contributed by atoms with Crippen molar-refractivity contribution in [3.05, 3.63) is 41.7 Å². The molecule has 0 aliphatic carbocycles. The van der Waals surface area contributed by atoms with Gasteiger partial charge in [-0.25, -0.2) is 0 Å². The Hall–Kier alpha value is -2.94. The largest absolute Gasteiger partial charge is 0.487 e. The van der Waals surface area contributed by atoms with E-state index in [1.165, 1.54) is 18.4 Å². The molecule has 1 N–H and O–H groups in total. The molecule has 33 heavy (non-hydrogen) atoms. The first-order chi connectivity index (χ1) is 16.1. The third kappa shape index (κ3) is 6.10. The van der Waals surface area contributed by atoms with Crippen LogP contribution in [0.5, 0.6) is 5.75 Å². The number of ether oxygens (including phenoxy) is 1. The second kappa shape index (κ2) is 10.8. The highest BCUT2D eigenvalue weighted by Crippen LogP contribution is 2.40. The zero-order valence-electron chi connectivity index (χ0n) is 19.1. The van der Waals surface area contributed by atoms with Gasteiger partial charge in [-0.3, -0.25) is 19.2 Å². The van der Waals surface area contributed by atoms with E-state index in [0.717, 1.165) is 63.4 Å². The molecule has 0 saturated carbocycles. The molecule has 1 aromatic heterocycles. The summed E-state index contributed by atoms with van der Waals surface area (Å²) in [5.41, 5.74) is 2.52. The van der Waals surface area contributed by atoms with Crippen molar-refractivity contribution in [2.45, 2.75) is 58.2 Å². The number of benzene rings is 1. The van der Waals surface area contributed by atoms with E-state index < -0.39 is 0 Å². The Bertz CT molecular complexity index is 921. The topological polar surface area (TPSA) is 101 Å². The standard InChI is InChI=1S/C23H31N5O2.CH2O2/c29-22-3-1-12-28-16-20(24-25-28)17-30-21-6-4-19(5-7-21)15-26-11-2-8-23(18-26)9-13-27(22)14-10-23;2-1-3/h4-7,16H,1-3,8-15,17-18H2;1H,(H,2,3). The Morgan fingerprint density at radius 3 is 2.55 bits per heavy atom. The highest BCUT2D eigenvalue weighted by Gasteiger charge is 2.39. The summed E-state index contributed by atoms with van der Waals surface area (Å²) in [5, 5.41) is 15.3. The van der Waals surface area contributed by atoms with Crippen molar-refractivity contribution >= 4 is 12.4 Å². The lowest BCUT2D eigenvalue weighted by molar-refractivity contribution is -0.134. The summed E-state index contributed by atoms with van der Waals surface area (Å²) in [6.07, 6.45) is 8.11. The Morgan fingerprint density at radius 1 is 1.03 bits per heavy atom. The average molecular weight is 456 g/mol. The monoisotopic (exact) mass is 455 g/mol. The van der Waals surface area contributed by atoms with Gasteiger partial charge in [-0.05, 0) is 61.8 Å². The summed E-state index contributed by atoms with van der Waals surface area (Å²) in [7, 11) is 0. The lowest BCUT2D eigenvalue weighted by Crippen LogP contribution is -2.50. The van der Waals surface area contributed by atoms with Gasteiger partial charge in [0.25, 0.3) is 6.47 Å². The fraction of sp³-hybridized carbons (Fsp3) is 0.583. The van der Waals surface area contributed by atoms with E-state index in [4.69, 9.17) is 14.6 Å². The highest BCUT2D eigenvalue weighted by molar-refractivity contribution is 5.76. The number of nitrogens with zero attached hydrogens (tertiary/aromatic N) is 5. The second-order valence-electron chi connectivity index (χ2n) is 9.31. The molecule has 9 nitrogen and oxygen atoms in total. The molecule has 1 amide bonds. The van der Waals surface area contributed by atoms with E-state index in [9.17, 15) is 4.79 Å². The first-order valence-electron chi connectivity index (χ1n) is 11.8. The predicted molar refractivity (Wildman–Crippen MR) is 121 cm³/mol. The Kier molecular flexibility index (Phi) is 7.59. The van der Waals surface area contributed by atoms with Crippen LogP contribution in [0.2, 0.25) is 0 Å². The first-order valence-corrected chi connectivity index (χ1v) is 11.8. The van der Waals surface area contributed by atoms with E-state index in [0.29, 0.717) is 25.0 Å². The molecule has 2 saturated heterocycles. The SMILES string of the molecule is O=C1CCCn2cc(nn2)COc2ccc(cc2)CN2CCCC3(CCN1CC3)C2.O=CO. The van der Waals surface area contributed by atoms with Crippen molar-refractivity contribution < 1.29 is 19.4 Å². The van der Waals surface area contributed by atoms with Crippen LogP contribution < -0.4 is 4.74 Å². The fourth-order valence-electron chi connectivity index (χ4n) is 5.25. The molecule has 1 unspecified atom stereocenters. The Labute approximate surface area is 194 Å². The molecule has 6 heterocycles. The number of hydrogen-bond acceptors (Lipinski definition) is 6. The minimum atomic E-state index is -0.250. The smallest absolute Gasteiger partial charge is 0.290 e. The summed E-state index contributed by atoms with van der Waals surface area (Å²) in [6, 6.07) is 8.46. The molecule has 2 aromatic rings. The summed E-state index contributed by atoms with van der Waals surface area (Å²) >= 11 is 0. The van der Waals surface area contributed by atoms with Gasteiger partial charge >= 0.3 is 0 Å². The minimum Gasteiger partial charge on any atom is -0.487 e. The number of carboxylic acid groups (broad SMARTS) is 1. The van der Waals surface area contributed by atoms with Gasteiger partial charge in [0, 0.05) is 39.1 Å². The number of fused-ring (bicyclic) bond motifs is 2. The van der Waals surface area contributed by atoms with Crippen molar-refractivity contribution in [1.29, 1.82) is 0 Å². The third-order valence-electron chi connectivity index (χ3n) is 7.00. The molecular formula is C24H33N5O4. The number of piperidine rings is 2. The van der Waals surface area contributed by atoms with Crippen LogP contribution in [0.4, 0.5) is 0 Å². The van der Waals surface area contributed by atoms with Crippen LogP contribution in [0.15, 0.2) is 30.5 Å². The van der Waals surface area contributed by atoms with Crippen LogP contribution in [0, 0.1) is 5.41 Å². The first kappa shape index (κ1) is 23.2. The molecule has 1 aromatic carbocycles. The van der Waals surface area contributed by atoms with Gasteiger partial charge in [0.15, 0.2) is 0 Å². The minimum absolute atomic E-state index is 0.250. The van der Waals surface area contributed by atoms with E-state index in [-0.39, 0.29) is 12.4 Å². The van der Waals surface area contributed by atoms with Gasteiger partial charge < -0.3 is 14.7 Å². The van der Waals surface area contributed by atoms with Crippen LogP contribution >= 0.6 is 0 Å². The van der Waals surface area contributed by atoms with Crippen molar-refractivity contribution in [3.8, 4) is 5.75 Å². The molecule has 5 aliphatic heterocycles. The van der Waals surface area contributed by atoms with Gasteiger partial charge in [0.2, 0.25) is 5.91 Å². The predicted octanol–water partition coefficient (Wildman–Crippen LogP) is 2.56. The van der Waals surface area contributed by atoms with Crippen LogP contribution in [0.25, 0.3) is 0 Å². The molecule has 2 fully saturated rings. The number of aromatic nitrogens is 3. The number of hydrogen-bond donors (Lipinski definition) is 1. The molecule has 5 aliphatic rings. The third-order valence-corrected chi connectivity index (χ3v) is 7.00. The van der Waals surface area contributed by atoms with Crippen molar-refractivity contribution in [2.75, 3.05) is 26.2 Å². The highest BCUT2D eigenvalue weighted by atomic mass is 16.5. The maximum absolute atomic E-state index is 12.7. The van der Waals surface area contributed by atoms with Crippen LogP contribution in [-0.2, 0) is 29.3 Å². The van der Waals surface area contributed by atoms with Gasteiger partial charge in [-0.2, -0.15) is 0 Å². The molecule has 0 radical (unpaired) electrons.